The number of hydrogen-bond donors (Lipinski definition) is 2. The van der Waals surface area contributed by atoms with Gasteiger partial charge in [-0.3, -0.25) is 9.59 Å². The smallest absolute Gasteiger partial charge is 0.276 e. The van der Waals surface area contributed by atoms with Gasteiger partial charge < -0.3 is 19.9 Å². The van der Waals surface area contributed by atoms with Gasteiger partial charge in [0, 0.05) is 23.1 Å². The number of aromatic hydroxyl groups is 1. The van der Waals surface area contributed by atoms with E-state index in [1.54, 1.807) is 42.5 Å². The summed E-state index contributed by atoms with van der Waals surface area (Å²) in [6, 6.07) is 12.5. The lowest BCUT2D eigenvalue weighted by atomic mass is 10.0. The Morgan fingerprint density at radius 2 is 2.10 bits per heavy atom. The standard InChI is InChI=1S/C21H18ClN3O5/c1-29-18-5-3-2-4-15(18)25-19(27)11-16(26)20(24-25)21(28)23-14-8-9-30-17-7-6-12(22)10-13(14)17/h2-7,10-11,14,26H,8-9H2,1H3,(H,23,28). The van der Waals surface area contributed by atoms with Crippen LogP contribution in [0.4, 0.5) is 0 Å². The van der Waals surface area contributed by atoms with Crippen LogP contribution in [0, 0.1) is 0 Å². The fraction of sp³-hybridized carbons (Fsp3) is 0.190. The fourth-order valence-electron chi connectivity index (χ4n) is 3.33. The van der Waals surface area contributed by atoms with Crippen molar-refractivity contribution in [1.29, 1.82) is 0 Å². The number of amides is 1. The minimum Gasteiger partial charge on any atom is -0.505 e. The Hall–Kier alpha value is -3.52. The molecular formula is C21H18ClN3O5. The summed E-state index contributed by atoms with van der Waals surface area (Å²) in [7, 11) is 1.46. The van der Waals surface area contributed by atoms with Crippen molar-refractivity contribution in [2.75, 3.05) is 13.7 Å². The Balaban J connectivity index is 1.69. The number of carbonyl (C=O) groups is 1. The molecule has 2 aromatic carbocycles. The van der Waals surface area contributed by atoms with E-state index in [1.807, 2.05) is 0 Å². The van der Waals surface area contributed by atoms with Crippen molar-refractivity contribution in [3.8, 4) is 22.9 Å². The summed E-state index contributed by atoms with van der Waals surface area (Å²) < 4.78 is 11.9. The van der Waals surface area contributed by atoms with Crippen molar-refractivity contribution in [3.63, 3.8) is 0 Å². The molecule has 30 heavy (non-hydrogen) atoms. The van der Waals surface area contributed by atoms with Gasteiger partial charge >= 0.3 is 0 Å². The van der Waals surface area contributed by atoms with Crippen LogP contribution in [0.25, 0.3) is 5.69 Å². The van der Waals surface area contributed by atoms with Crippen molar-refractivity contribution in [3.05, 3.63) is 75.2 Å². The minimum absolute atomic E-state index is 0.282. The Morgan fingerprint density at radius 1 is 1.30 bits per heavy atom. The zero-order valence-electron chi connectivity index (χ0n) is 16.0. The van der Waals surface area contributed by atoms with Crippen LogP contribution in [-0.2, 0) is 0 Å². The van der Waals surface area contributed by atoms with E-state index in [4.69, 9.17) is 21.1 Å². The van der Waals surface area contributed by atoms with E-state index in [0.717, 1.165) is 16.3 Å². The van der Waals surface area contributed by atoms with E-state index in [1.165, 1.54) is 7.11 Å². The number of nitrogens with zero attached hydrogens (tertiary/aromatic N) is 2. The molecule has 0 bridgehead atoms. The quantitative estimate of drug-likeness (QED) is 0.663. The maximum Gasteiger partial charge on any atom is 0.276 e. The molecule has 1 amide bonds. The van der Waals surface area contributed by atoms with Gasteiger partial charge in [0.25, 0.3) is 11.5 Å². The highest BCUT2D eigenvalue weighted by atomic mass is 35.5. The van der Waals surface area contributed by atoms with Crippen LogP contribution in [0.3, 0.4) is 0 Å². The van der Waals surface area contributed by atoms with Gasteiger partial charge in [-0.1, -0.05) is 23.7 Å². The minimum atomic E-state index is -0.631. The van der Waals surface area contributed by atoms with Gasteiger partial charge in [0.2, 0.25) is 0 Å². The highest BCUT2D eigenvalue weighted by molar-refractivity contribution is 6.30. The molecule has 4 rings (SSSR count). The molecule has 0 aliphatic carbocycles. The zero-order valence-corrected chi connectivity index (χ0v) is 16.7. The lowest BCUT2D eigenvalue weighted by Gasteiger charge is -2.26. The van der Waals surface area contributed by atoms with Crippen LogP contribution < -0.4 is 20.3 Å². The fourth-order valence-corrected chi connectivity index (χ4v) is 3.51. The zero-order chi connectivity index (χ0) is 21.3. The van der Waals surface area contributed by atoms with Crippen molar-refractivity contribution >= 4 is 17.5 Å². The van der Waals surface area contributed by atoms with Crippen LogP contribution in [0.2, 0.25) is 5.02 Å². The molecular weight excluding hydrogens is 410 g/mol. The number of rotatable bonds is 4. The Labute approximate surface area is 176 Å². The Bertz CT molecular complexity index is 1180. The van der Waals surface area contributed by atoms with Gasteiger partial charge in [-0.2, -0.15) is 9.78 Å². The molecule has 0 radical (unpaired) electrons. The molecule has 8 nitrogen and oxygen atoms in total. The van der Waals surface area contributed by atoms with Gasteiger partial charge in [-0.25, -0.2) is 0 Å². The van der Waals surface area contributed by atoms with E-state index in [9.17, 15) is 14.7 Å². The van der Waals surface area contributed by atoms with Gasteiger partial charge in [0.05, 0.1) is 19.8 Å². The SMILES string of the molecule is COc1ccccc1-n1nc(C(=O)NC2CCOc3ccc(Cl)cc32)c(O)cc1=O. The third kappa shape index (κ3) is 3.69. The molecule has 0 spiro atoms. The molecule has 0 saturated carbocycles. The maximum absolute atomic E-state index is 12.9. The number of para-hydroxylation sites is 2. The maximum atomic E-state index is 12.9. The molecule has 154 valence electrons. The van der Waals surface area contributed by atoms with Crippen LogP contribution >= 0.6 is 11.6 Å². The molecule has 9 heteroatoms. The van der Waals surface area contributed by atoms with Crippen molar-refractivity contribution in [2.45, 2.75) is 12.5 Å². The number of methoxy groups -OCH3 is 1. The summed E-state index contributed by atoms with van der Waals surface area (Å²) in [6.07, 6.45) is 0.520. The van der Waals surface area contributed by atoms with Crippen LogP contribution in [0.5, 0.6) is 17.2 Å². The molecule has 2 N–H and O–H groups in total. The number of ether oxygens (including phenoxy) is 2. The third-order valence-corrected chi connectivity index (χ3v) is 4.99. The summed E-state index contributed by atoms with van der Waals surface area (Å²) in [4.78, 5) is 25.3. The van der Waals surface area contributed by atoms with Crippen molar-refractivity contribution in [2.24, 2.45) is 0 Å². The topological polar surface area (TPSA) is 103 Å². The average molecular weight is 428 g/mol. The molecule has 3 aromatic rings. The first-order valence-electron chi connectivity index (χ1n) is 9.18. The highest BCUT2D eigenvalue weighted by Crippen LogP contribution is 2.34. The number of nitrogens with one attached hydrogen (secondary N) is 1. The van der Waals surface area contributed by atoms with E-state index in [0.29, 0.717) is 35.2 Å². The first-order chi connectivity index (χ1) is 14.5. The third-order valence-electron chi connectivity index (χ3n) is 4.76. The number of carbonyl (C=O) groups excluding carboxylic acids is 1. The second kappa shape index (κ2) is 8.08. The lowest BCUT2D eigenvalue weighted by Crippen LogP contribution is -2.34. The highest BCUT2D eigenvalue weighted by Gasteiger charge is 2.26. The predicted octanol–water partition coefficient (Wildman–Crippen LogP) is 2.85. The van der Waals surface area contributed by atoms with E-state index in [-0.39, 0.29) is 11.7 Å². The number of fused-ring (bicyclic) bond motifs is 1. The van der Waals surface area contributed by atoms with Crippen LogP contribution in [0.15, 0.2) is 53.3 Å². The molecule has 1 aromatic heterocycles. The van der Waals surface area contributed by atoms with E-state index < -0.39 is 17.2 Å². The Kier molecular flexibility index (Phi) is 5.33. The summed E-state index contributed by atoms with van der Waals surface area (Å²) in [5.74, 6) is -0.111. The lowest BCUT2D eigenvalue weighted by molar-refractivity contribution is 0.0914. The van der Waals surface area contributed by atoms with E-state index >= 15 is 0 Å². The number of hydrogen-bond acceptors (Lipinski definition) is 6. The molecule has 0 saturated heterocycles. The second-order valence-corrected chi connectivity index (χ2v) is 7.08. The first-order valence-corrected chi connectivity index (χ1v) is 9.55. The van der Waals surface area contributed by atoms with Gasteiger partial charge in [-0.15, -0.1) is 0 Å². The Morgan fingerprint density at radius 3 is 2.90 bits per heavy atom. The molecule has 1 unspecified atom stereocenters. The van der Waals surface area contributed by atoms with Crippen molar-refractivity contribution < 1.29 is 19.4 Å². The van der Waals surface area contributed by atoms with Gasteiger partial charge in [-0.05, 0) is 30.3 Å². The van der Waals surface area contributed by atoms with Gasteiger partial charge in [0.1, 0.15) is 17.2 Å². The predicted molar refractivity (Wildman–Crippen MR) is 110 cm³/mol. The number of benzene rings is 2. The average Bonchev–Trinajstić information content (AvgIpc) is 2.74. The summed E-state index contributed by atoms with van der Waals surface area (Å²) >= 11 is 6.08. The first kappa shape index (κ1) is 19.8. The monoisotopic (exact) mass is 427 g/mol. The molecule has 0 fully saturated rings. The summed E-state index contributed by atoms with van der Waals surface area (Å²) in [6.45, 7) is 0.416. The van der Waals surface area contributed by atoms with Crippen molar-refractivity contribution in [1.82, 2.24) is 15.1 Å². The molecule has 2 heterocycles. The molecule has 1 aliphatic rings. The molecule has 1 atom stereocenters. The second-order valence-electron chi connectivity index (χ2n) is 6.65. The summed E-state index contributed by atoms with van der Waals surface area (Å²) in [5, 5.41) is 17.7. The van der Waals surface area contributed by atoms with Crippen LogP contribution in [0.1, 0.15) is 28.5 Å². The normalized spacial score (nSPS) is 15.1. The van der Waals surface area contributed by atoms with Crippen LogP contribution in [-0.4, -0.2) is 34.5 Å². The van der Waals surface area contributed by atoms with E-state index in [2.05, 4.69) is 10.4 Å². The number of halogens is 1. The van der Waals surface area contributed by atoms with Gasteiger partial charge in [0.15, 0.2) is 11.4 Å². The number of aromatic nitrogens is 2. The summed E-state index contributed by atoms with van der Waals surface area (Å²) in [5.41, 5.74) is 0.203. The largest absolute Gasteiger partial charge is 0.505 e. The molecule has 1 aliphatic heterocycles.